The Morgan fingerprint density at radius 1 is 1.75 bits per heavy atom. The van der Waals surface area contributed by atoms with E-state index in [0.717, 1.165) is 0 Å². The van der Waals surface area contributed by atoms with E-state index in [4.69, 9.17) is 10.6 Å². The second-order valence-corrected chi connectivity index (χ2v) is 0.809. The van der Waals surface area contributed by atoms with Crippen molar-refractivity contribution in [1.82, 2.24) is 0 Å². The lowest BCUT2D eigenvalue weighted by Crippen LogP contribution is -2.15. The molecule has 0 aromatic carbocycles. The van der Waals surface area contributed by atoms with Crippen molar-refractivity contribution in [3.05, 3.63) is 4.91 Å². The van der Waals surface area contributed by atoms with Crippen molar-refractivity contribution in [1.29, 1.82) is 0 Å². The van der Waals surface area contributed by atoms with Crippen LogP contribution in [0.3, 0.4) is 0 Å². The van der Waals surface area contributed by atoms with Gasteiger partial charge in [0.1, 0.15) is 0 Å². The Morgan fingerprint density at radius 3 is 2.75 bits per heavy atom. The van der Waals surface area contributed by atoms with E-state index in [1.807, 2.05) is 0 Å². The predicted octanol–water partition coefficient (Wildman–Crippen LogP) is -0.899. The molecular formula is C2H4N2O4. The standard InChI is InChI=1S/C2H4N2O4/c3-1-2(5)7-8-4-6/h1,3H2. The molecule has 0 unspecified atom stereocenters. The molecule has 0 aliphatic heterocycles. The van der Waals surface area contributed by atoms with Crippen molar-refractivity contribution in [2.45, 2.75) is 0 Å². The molecule has 0 bridgehead atoms. The third kappa shape index (κ3) is 3.04. The van der Waals surface area contributed by atoms with Gasteiger partial charge in [-0.2, -0.15) is 0 Å². The molecule has 0 aliphatic rings. The van der Waals surface area contributed by atoms with Gasteiger partial charge >= 0.3 is 5.97 Å². The summed E-state index contributed by atoms with van der Waals surface area (Å²) >= 11 is 0. The molecule has 0 fully saturated rings. The first-order valence-corrected chi connectivity index (χ1v) is 1.70. The van der Waals surface area contributed by atoms with Gasteiger partial charge in [-0.05, 0) is 0 Å². The summed E-state index contributed by atoms with van der Waals surface area (Å²) in [5, 5.41) is 1.78. The van der Waals surface area contributed by atoms with E-state index in [1.165, 1.54) is 0 Å². The van der Waals surface area contributed by atoms with Crippen LogP contribution in [0.4, 0.5) is 0 Å². The summed E-state index contributed by atoms with van der Waals surface area (Å²) in [7, 11) is 0. The van der Waals surface area contributed by atoms with Crippen molar-refractivity contribution in [2.24, 2.45) is 11.1 Å². The maximum Gasteiger partial charge on any atom is 0.371 e. The van der Waals surface area contributed by atoms with Gasteiger partial charge in [0, 0.05) is 0 Å². The average Bonchev–Trinajstić information content (AvgIpc) is 1.83. The lowest BCUT2D eigenvalue weighted by atomic mass is 10.7. The van der Waals surface area contributed by atoms with E-state index in [-0.39, 0.29) is 6.54 Å². The summed E-state index contributed by atoms with van der Waals surface area (Å²) in [6, 6.07) is 0. The topological polar surface area (TPSA) is 91.0 Å². The maximum absolute atomic E-state index is 9.90. The zero-order chi connectivity index (χ0) is 6.41. The first-order valence-electron chi connectivity index (χ1n) is 1.70. The molecule has 46 valence electrons. The van der Waals surface area contributed by atoms with E-state index < -0.39 is 5.97 Å². The van der Waals surface area contributed by atoms with Crippen LogP contribution >= 0.6 is 0 Å². The van der Waals surface area contributed by atoms with E-state index in [0.29, 0.717) is 0 Å². The zero-order valence-electron chi connectivity index (χ0n) is 3.86. The van der Waals surface area contributed by atoms with Crippen LogP contribution in [0.5, 0.6) is 0 Å². The summed E-state index contributed by atoms with van der Waals surface area (Å²) in [6.45, 7) is -0.338. The number of carbonyl (C=O) groups is 1. The molecular weight excluding hydrogens is 116 g/mol. The summed E-state index contributed by atoms with van der Waals surface area (Å²) in [5.41, 5.74) is 4.71. The van der Waals surface area contributed by atoms with Crippen LogP contribution in [-0.2, 0) is 14.7 Å². The summed E-state index contributed by atoms with van der Waals surface area (Å²) in [6.07, 6.45) is 0. The van der Waals surface area contributed by atoms with Crippen LogP contribution in [0.1, 0.15) is 0 Å². The minimum absolute atomic E-state index is 0.338. The van der Waals surface area contributed by atoms with E-state index >= 15 is 0 Å². The van der Waals surface area contributed by atoms with Crippen LogP contribution < -0.4 is 5.73 Å². The molecule has 8 heavy (non-hydrogen) atoms. The highest BCUT2D eigenvalue weighted by Crippen LogP contribution is 1.76. The van der Waals surface area contributed by atoms with E-state index in [9.17, 15) is 4.79 Å². The van der Waals surface area contributed by atoms with Gasteiger partial charge in [0.05, 0.1) is 6.54 Å². The molecule has 0 aromatic rings. The smallest absolute Gasteiger partial charge is 0.321 e. The minimum Gasteiger partial charge on any atom is -0.321 e. The van der Waals surface area contributed by atoms with Gasteiger partial charge in [-0.3, -0.25) is 0 Å². The average molecular weight is 120 g/mol. The molecule has 0 radical (unpaired) electrons. The molecule has 0 atom stereocenters. The number of hydrogen-bond acceptors (Lipinski definition) is 6. The molecule has 0 saturated carbocycles. The number of nitrogens with zero attached hydrogens (tertiary/aromatic N) is 1. The fourth-order valence-electron chi connectivity index (χ4n) is 0.0908. The van der Waals surface area contributed by atoms with Crippen LogP contribution in [-0.4, -0.2) is 12.5 Å². The zero-order valence-corrected chi connectivity index (χ0v) is 3.86. The maximum atomic E-state index is 9.90. The van der Waals surface area contributed by atoms with Crippen LogP contribution in [0.2, 0.25) is 0 Å². The Kier molecular flexibility index (Phi) is 3.42. The molecule has 2 N–H and O–H groups in total. The Morgan fingerprint density at radius 2 is 2.38 bits per heavy atom. The highest BCUT2D eigenvalue weighted by molar-refractivity contribution is 5.70. The fraction of sp³-hybridized carbons (Fsp3) is 0.500. The van der Waals surface area contributed by atoms with Crippen molar-refractivity contribution in [3.63, 3.8) is 0 Å². The number of rotatable bonds is 3. The second-order valence-electron chi connectivity index (χ2n) is 0.809. The first-order chi connectivity index (χ1) is 3.81. The predicted molar refractivity (Wildman–Crippen MR) is 22.0 cm³/mol. The second kappa shape index (κ2) is 4.00. The van der Waals surface area contributed by atoms with Gasteiger partial charge in [0.15, 0.2) is 0 Å². The fourth-order valence-corrected chi connectivity index (χ4v) is 0.0908. The molecule has 0 spiro atoms. The molecule has 0 rings (SSSR count). The number of hydrogen-bond donors (Lipinski definition) is 1. The monoisotopic (exact) mass is 120 g/mol. The number of carbonyl (C=O) groups excluding carboxylic acids is 1. The molecule has 6 nitrogen and oxygen atoms in total. The lowest BCUT2D eigenvalue weighted by Gasteiger charge is -1.88. The normalized spacial score (nSPS) is 7.62. The SMILES string of the molecule is NCC(=O)OON=O. The summed E-state index contributed by atoms with van der Waals surface area (Å²) in [4.78, 5) is 25.9. The minimum atomic E-state index is -0.843. The summed E-state index contributed by atoms with van der Waals surface area (Å²) in [5.74, 6) is -0.843. The highest BCUT2D eigenvalue weighted by Gasteiger charge is 1.97. The molecule has 0 aliphatic carbocycles. The van der Waals surface area contributed by atoms with Gasteiger partial charge in [-0.1, -0.05) is 0 Å². The van der Waals surface area contributed by atoms with E-state index in [2.05, 4.69) is 9.88 Å². The largest absolute Gasteiger partial charge is 0.371 e. The Balaban J connectivity index is 3.11. The molecule has 0 amide bonds. The Labute approximate surface area is 44.4 Å². The van der Waals surface area contributed by atoms with Crippen LogP contribution in [0.15, 0.2) is 5.34 Å². The Bertz CT molecular complexity index is 92.0. The van der Waals surface area contributed by atoms with Crippen molar-refractivity contribution in [3.8, 4) is 0 Å². The van der Waals surface area contributed by atoms with Crippen LogP contribution in [0, 0.1) is 4.91 Å². The van der Waals surface area contributed by atoms with Gasteiger partial charge < -0.3 is 5.73 Å². The molecule has 0 aromatic heterocycles. The molecule has 0 saturated heterocycles. The van der Waals surface area contributed by atoms with Crippen LogP contribution in [0.25, 0.3) is 0 Å². The molecule has 6 heteroatoms. The number of nitrogens with two attached hydrogens (primary N) is 1. The van der Waals surface area contributed by atoms with E-state index in [1.54, 1.807) is 5.34 Å². The third-order valence-electron chi connectivity index (χ3n) is 0.327. The van der Waals surface area contributed by atoms with Crippen molar-refractivity contribution < 1.29 is 14.7 Å². The lowest BCUT2D eigenvalue weighted by molar-refractivity contribution is -0.273. The highest BCUT2D eigenvalue weighted by atomic mass is 17.3. The third-order valence-corrected chi connectivity index (χ3v) is 0.327. The quantitative estimate of drug-likeness (QED) is 0.296. The summed E-state index contributed by atoms with van der Waals surface area (Å²) < 4.78 is 0. The van der Waals surface area contributed by atoms with Gasteiger partial charge in [0.25, 0.3) is 0 Å². The van der Waals surface area contributed by atoms with Gasteiger partial charge in [-0.15, -0.1) is 9.90 Å². The Hall–Kier alpha value is -1.17. The van der Waals surface area contributed by atoms with Gasteiger partial charge in [-0.25, -0.2) is 9.68 Å². The van der Waals surface area contributed by atoms with Crippen molar-refractivity contribution in [2.75, 3.05) is 6.54 Å². The molecule has 0 heterocycles. The first kappa shape index (κ1) is 6.83. The van der Waals surface area contributed by atoms with Crippen molar-refractivity contribution >= 4 is 5.97 Å². The van der Waals surface area contributed by atoms with Gasteiger partial charge in [0.2, 0.25) is 5.34 Å².